The van der Waals surface area contributed by atoms with Gasteiger partial charge in [-0.15, -0.1) is 0 Å². The summed E-state index contributed by atoms with van der Waals surface area (Å²) in [4.78, 5) is 24.4. The summed E-state index contributed by atoms with van der Waals surface area (Å²) >= 11 is 5.90. The van der Waals surface area contributed by atoms with Gasteiger partial charge in [0.2, 0.25) is 6.41 Å². The van der Waals surface area contributed by atoms with Crippen LogP contribution in [0.2, 0.25) is 5.02 Å². The number of amides is 2. The van der Waals surface area contributed by atoms with E-state index in [1.165, 1.54) is 0 Å². The topological polar surface area (TPSA) is 55.8 Å². The van der Waals surface area contributed by atoms with Gasteiger partial charge in [0.1, 0.15) is 18.5 Å². The molecule has 0 aliphatic heterocycles. The first-order chi connectivity index (χ1) is 12.1. The van der Waals surface area contributed by atoms with Crippen molar-refractivity contribution in [1.82, 2.24) is 4.90 Å². The van der Waals surface area contributed by atoms with Crippen LogP contribution in [0.15, 0.2) is 54.6 Å². The Morgan fingerprint density at radius 2 is 1.96 bits per heavy atom. The van der Waals surface area contributed by atoms with E-state index in [-0.39, 0.29) is 13.2 Å². The summed E-state index contributed by atoms with van der Waals surface area (Å²) in [6.45, 7) is 2.22. The van der Waals surface area contributed by atoms with Crippen molar-refractivity contribution in [2.75, 3.05) is 6.61 Å². The van der Waals surface area contributed by atoms with Crippen molar-refractivity contribution < 1.29 is 19.1 Å². The van der Waals surface area contributed by atoms with Crippen LogP contribution in [0.1, 0.15) is 18.9 Å². The first kappa shape index (κ1) is 18.8. The minimum Gasteiger partial charge on any atom is -0.490 e. The number of benzene rings is 2. The lowest BCUT2D eigenvalue weighted by molar-refractivity contribution is -0.117. The van der Waals surface area contributed by atoms with Gasteiger partial charge in [-0.2, -0.15) is 0 Å². The smallest absolute Gasteiger partial charge is 0.417 e. The molecule has 0 aliphatic rings. The van der Waals surface area contributed by atoms with Gasteiger partial charge >= 0.3 is 6.09 Å². The number of nitrogens with zero attached hydrogens (tertiary/aromatic N) is 1. The Morgan fingerprint density at radius 1 is 1.20 bits per heavy atom. The Balaban J connectivity index is 1.90. The summed E-state index contributed by atoms with van der Waals surface area (Å²) in [7, 11) is 0. The Labute approximate surface area is 152 Å². The van der Waals surface area contributed by atoms with Gasteiger partial charge in [0.25, 0.3) is 0 Å². The van der Waals surface area contributed by atoms with E-state index < -0.39 is 12.2 Å². The van der Waals surface area contributed by atoms with Crippen molar-refractivity contribution in [1.29, 1.82) is 0 Å². The van der Waals surface area contributed by atoms with E-state index in [4.69, 9.17) is 21.1 Å². The molecule has 2 aromatic rings. The molecule has 6 heteroatoms. The lowest BCUT2D eigenvalue weighted by Crippen LogP contribution is -2.34. The van der Waals surface area contributed by atoms with Crippen LogP contribution in [0.3, 0.4) is 0 Å². The fourth-order valence-corrected chi connectivity index (χ4v) is 2.30. The molecule has 1 atom stereocenters. The maximum Gasteiger partial charge on any atom is 0.417 e. The van der Waals surface area contributed by atoms with Gasteiger partial charge in [0.15, 0.2) is 0 Å². The standard InChI is InChI=1S/C19H20ClNO4/c1-2-17(13-24-18-10-6-9-16(20)11-18)25-19(23)21(14-22)12-15-7-4-3-5-8-15/h3-11,14,17H,2,12-13H2,1H3. The number of ether oxygens (including phenoxy) is 2. The maximum absolute atomic E-state index is 12.2. The van der Waals surface area contributed by atoms with Crippen LogP contribution in [-0.2, 0) is 16.1 Å². The number of carbonyl (C=O) groups excluding carboxylic acids is 2. The molecule has 0 fully saturated rings. The van der Waals surface area contributed by atoms with E-state index in [0.717, 1.165) is 10.5 Å². The molecule has 2 rings (SSSR count). The number of rotatable bonds is 8. The molecule has 0 radical (unpaired) electrons. The SMILES string of the molecule is CCC(COc1cccc(Cl)c1)OC(=O)N(C=O)Cc1ccccc1. The van der Waals surface area contributed by atoms with E-state index >= 15 is 0 Å². The van der Waals surface area contributed by atoms with Gasteiger partial charge in [0.05, 0.1) is 6.54 Å². The van der Waals surface area contributed by atoms with Gasteiger partial charge in [-0.3, -0.25) is 4.79 Å². The zero-order chi connectivity index (χ0) is 18.1. The number of halogens is 1. The Bertz CT molecular complexity index is 693. The van der Waals surface area contributed by atoms with Crippen LogP contribution < -0.4 is 4.74 Å². The minimum atomic E-state index is -0.694. The van der Waals surface area contributed by atoms with Crippen molar-refractivity contribution >= 4 is 24.1 Å². The second-order valence-corrected chi connectivity index (χ2v) is 5.84. The van der Waals surface area contributed by atoms with Crippen LogP contribution in [0.4, 0.5) is 4.79 Å². The van der Waals surface area contributed by atoms with Crippen LogP contribution >= 0.6 is 11.6 Å². The second-order valence-electron chi connectivity index (χ2n) is 5.40. The molecule has 0 aliphatic carbocycles. The molecule has 0 N–H and O–H groups in total. The molecule has 0 heterocycles. The minimum absolute atomic E-state index is 0.161. The monoisotopic (exact) mass is 361 g/mol. The molecular formula is C19H20ClNO4. The van der Waals surface area contributed by atoms with E-state index in [9.17, 15) is 9.59 Å². The van der Waals surface area contributed by atoms with Gasteiger partial charge in [-0.1, -0.05) is 54.9 Å². The summed E-state index contributed by atoms with van der Waals surface area (Å²) in [5.41, 5.74) is 0.842. The third-order valence-corrected chi connectivity index (χ3v) is 3.75. The van der Waals surface area contributed by atoms with Gasteiger partial charge in [-0.05, 0) is 30.2 Å². The summed E-state index contributed by atoms with van der Waals surface area (Å²) < 4.78 is 11.0. The average molecular weight is 362 g/mol. The summed E-state index contributed by atoms with van der Waals surface area (Å²) in [6.07, 6.45) is -0.130. The van der Waals surface area contributed by atoms with Crippen LogP contribution in [-0.4, -0.2) is 30.1 Å². The Kier molecular flexibility index (Phi) is 7.29. The molecule has 0 saturated carbocycles. The second kappa shape index (κ2) is 9.69. The van der Waals surface area contributed by atoms with E-state index in [2.05, 4.69) is 0 Å². The molecule has 25 heavy (non-hydrogen) atoms. The summed E-state index contributed by atoms with van der Waals surface area (Å²) in [5.74, 6) is 0.596. The van der Waals surface area contributed by atoms with Crippen molar-refractivity contribution in [3.63, 3.8) is 0 Å². The Hall–Kier alpha value is -2.53. The molecule has 0 spiro atoms. The van der Waals surface area contributed by atoms with E-state index in [0.29, 0.717) is 23.6 Å². The van der Waals surface area contributed by atoms with Crippen LogP contribution in [0, 0.1) is 0 Å². The fraction of sp³-hybridized carbons (Fsp3) is 0.263. The van der Waals surface area contributed by atoms with E-state index in [1.807, 2.05) is 37.3 Å². The average Bonchev–Trinajstić information content (AvgIpc) is 2.63. The quantitative estimate of drug-likeness (QED) is 0.658. The molecule has 2 aromatic carbocycles. The molecular weight excluding hydrogens is 342 g/mol. The molecule has 132 valence electrons. The summed E-state index contributed by atoms with van der Waals surface area (Å²) in [6, 6.07) is 16.2. The number of hydrogen-bond acceptors (Lipinski definition) is 4. The van der Waals surface area contributed by atoms with E-state index in [1.54, 1.807) is 24.3 Å². The molecule has 0 saturated heterocycles. The fourth-order valence-electron chi connectivity index (χ4n) is 2.12. The van der Waals surface area contributed by atoms with Crippen LogP contribution in [0.25, 0.3) is 0 Å². The van der Waals surface area contributed by atoms with Gasteiger partial charge in [0, 0.05) is 5.02 Å². The zero-order valence-corrected chi connectivity index (χ0v) is 14.7. The first-order valence-electron chi connectivity index (χ1n) is 7.97. The highest BCUT2D eigenvalue weighted by Gasteiger charge is 2.20. The number of carbonyl (C=O) groups is 2. The molecule has 0 bridgehead atoms. The third-order valence-electron chi connectivity index (χ3n) is 3.51. The van der Waals surface area contributed by atoms with Crippen molar-refractivity contribution in [3.8, 4) is 5.75 Å². The largest absolute Gasteiger partial charge is 0.490 e. The van der Waals surface area contributed by atoms with Gasteiger partial charge < -0.3 is 9.47 Å². The first-order valence-corrected chi connectivity index (χ1v) is 8.35. The number of imide groups is 1. The zero-order valence-electron chi connectivity index (χ0n) is 13.9. The molecule has 1 unspecified atom stereocenters. The molecule has 0 aromatic heterocycles. The van der Waals surface area contributed by atoms with Crippen molar-refractivity contribution in [3.05, 3.63) is 65.2 Å². The maximum atomic E-state index is 12.2. The molecule has 2 amide bonds. The van der Waals surface area contributed by atoms with Crippen molar-refractivity contribution in [2.24, 2.45) is 0 Å². The lowest BCUT2D eigenvalue weighted by Gasteiger charge is -2.21. The predicted octanol–water partition coefficient (Wildman–Crippen LogP) is 4.29. The third kappa shape index (κ3) is 6.12. The Morgan fingerprint density at radius 3 is 2.60 bits per heavy atom. The van der Waals surface area contributed by atoms with Crippen molar-refractivity contribution in [2.45, 2.75) is 26.0 Å². The normalized spacial score (nSPS) is 11.4. The lowest BCUT2D eigenvalue weighted by atomic mass is 10.2. The highest BCUT2D eigenvalue weighted by atomic mass is 35.5. The summed E-state index contributed by atoms with van der Waals surface area (Å²) in [5, 5.41) is 0.567. The molecule has 5 nitrogen and oxygen atoms in total. The highest BCUT2D eigenvalue weighted by Crippen LogP contribution is 2.18. The van der Waals surface area contributed by atoms with Crippen LogP contribution in [0.5, 0.6) is 5.75 Å². The number of hydrogen-bond donors (Lipinski definition) is 0. The highest BCUT2D eigenvalue weighted by molar-refractivity contribution is 6.30. The predicted molar refractivity (Wildman–Crippen MR) is 95.6 cm³/mol. The van der Waals surface area contributed by atoms with Gasteiger partial charge in [-0.25, -0.2) is 9.69 Å².